The molecule has 0 saturated carbocycles. The average Bonchev–Trinajstić information content (AvgIpc) is 3.20. The molecular formula is C26H20F3N3O. The number of nitrogens with zero attached hydrogens (tertiary/aromatic N) is 2. The Bertz CT molecular complexity index is 1370. The van der Waals surface area contributed by atoms with E-state index in [1.54, 1.807) is 0 Å². The van der Waals surface area contributed by atoms with Crippen molar-refractivity contribution in [3.8, 4) is 0 Å². The van der Waals surface area contributed by atoms with Gasteiger partial charge in [0, 0.05) is 24.0 Å². The van der Waals surface area contributed by atoms with Gasteiger partial charge in [-0.15, -0.1) is 0 Å². The van der Waals surface area contributed by atoms with Gasteiger partial charge in [-0.1, -0.05) is 42.5 Å². The molecule has 1 aromatic heterocycles. The summed E-state index contributed by atoms with van der Waals surface area (Å²) < 4.78 is 39.1. The first-order valence-corrected chi connectivity index (χ1v) is 10.8. The van der Waals surface area contributed by atoms with Crippen LogP contribution in [0.25, 0.3) is 10.9 Å². The van der Waals surface area contributed by atoms with Gasteiger partial charge in [-0.3, -0.25) is 4.79 Å². The predicted octanol–water partition coefficient (Wildman–Crippen LogP) is 5.90. The molecule has 4 nitrogen and oxygen atoms in total. The Morgan fingerprint density at radius 1 is 0.939 bits per heavy atom. The third kappa shape index (κ3) is 3.10. The number of hydrogen-bond donors (Lipinski definition) is 1. The predicted molar refractivity (Wildman–Crippen MR) is 120 cm³/mol. The van der Waals surface area contributed by atoms with Crippen LogP contribution in [0.15, 0.2) is 72.8 Å². The number of aromatic nitrogens is 1. The Morgan fingerprint density at radius 3 is 2.45 bits per heavy atom. The monoisotopic (exact) mass is 447 g/mol. The quantitative estimate of drug-likeness (QED) is 0.415. The maximum absolute atomic E-state index is 13.4. The molecule has 0 radical (unpaired) electrons. The zero-order valence-electron chi connectivity index (χ0n) is 17.6. The molecule has 2 aliphatic heterocycles. The molecule has 0 unspecified atom stereocenters. The van der Waals surface area contributed by atoms with Crippen molar-refractivity contribution in [1.29, 1.82) is 0 Å². The number of aromatic amines is 1. The highest BCUT2D eigenvalue weighted by Crippen LogP contribution is 2.44. The van der Waals surface area contributed by atoms with Gasteiger partial charge in [0.2, 0.25) is 0 Å². The summed E-state index contributed by atoms with van der Waals surface area (Å²) in [4.78, 5) is 20.9. The summed E-state index contributed by atoms with van der Waals surface area (Å²) in [6.07, 6.45) is -3.98. The fraction of sp³-hybridized carbons (Fsp3) is 0.192. The molecule has 6 rings (SSSR count). The van der Waals surface area contributed by atoms with Crippen LogP contribution in [0.3, 0.4) is 0 Å². The van der Waals surface area contributed by atoms with Crippen LogP contribution in [0.2, 0.25) is 0 Å². The smallest absolute Gasteiger partial charge is 0.355 e. The third-order valence-corrected chi connectivity index (χ3v) is 6.64. The second-order valence-corrected chi connectivity index (χ2v) is 8.52. The first kappa shape index (κ1) is 19.9. The molecule has 0 aliphatic carbocycles. The molecule has 0 saturated heterocycles. The van der Waals surface area contributed by atoms with E-state index in [9.17, 15) is 18.0 Å². The number of nitrogens with one attached hydrogen (secondary N) is 1. The summed E-state index contributed by atoms with van der Waals surface area (Å²) in [5.41, 5.74) is 4.65. The lowest BCUT2D eigenvalue weighted by atomic mass is 9.95. The highest BCUT2D eigenvalue weighted by molar-refractivity contribution is 6.02. The summed E-state index contributed by atoms with van der Waals surface area (Å²) in [5, 5.41) is 1.15. The lowest BCUT2D eigenvalue weighted by Gasteiger charge is -2.47. The molecule has 0 bridgehead atoms. The van der Waals surface area contributed by atoms with Crippen molar-refractivity contribution < 1.29 is 18.0 Å². The molecule has 1 atom stereocenters. The van der Waals surface area contributed by atoms with Crippen molar-refractivity contribution in [3.05, 3.63) is 101 Å². The Labute approximate surface area is 188 Å². The Kier molecular flexibility index (Phi) is 4.30. The number of hydrogen-bond acceptors (Lipinski definition) is 2. The van der Waals surface area contributed by atoms with Crippen molar-refractivity contribution in [2.24, 2.45) is 0 Å². The maximum atomic E-state index is 13.4. The van der Waals surface area contributed by atoms with Gasteiger partial charge in [0.05, 0.1) is 22.5 Å². The van der Waals surface area contributed by atoms with Crippen molar-refractivity contribution in [2.75, 3.05) is 11.4 Å². The van der Waals surface area contributed by atoms with E-state index < -0.39 is 11.7 Å². The first-order valence-electron chi connectivity index (χ1n) is 10.8. The van der Waals surface area contributed by atoms with E-state index in [-0.39, 0.29) is 12.1 Å². The van der Waals surface area contributed by atoms with Gasteiger partial charge in [0.1, 0.15) is 6.17 Å². The molecule has 3 aromatic carbocycles. The van der Waals surface area contributed by atoms with Gasteiger partial charge in [0.25, 0.3) is 5.91 Å². The highest BCUT2D eigenvalue weighted by Gasteiger charge is 2.42. The minimum Gasteiger partial charge on any atom is -0.355 e. The van der Waals surface area contributed by atoms with Crippen LogP contribution < -0.4 is 4.90 Å². The van der Waals surface area contributed by atoms with Crippen molar-refractivity contribution in [2.45, 2.75) is 25.3 Å². The summed E-state index contributed by atoms with van der Waals surface area (Å²) in [5.74, 6) is -0.0245. The van der Waals surface area contributed by atoms with Crippen LogP contribution in [-0.4, -0.2) is 22.3 Å². The molecule has 0 spiro atoms. The number of alkyl halides is 3. The fourth-order valence-electron chi connectivity index (χ4n) is 5.12. The normalized spacial score (nSPS) is 17.7. The van der Waals surface area contributed by atoms with E-state index in [4.69, 9.17) is 0 Å². The van der Waals surface area contributed by atoms with Crippen LogP contribution >= 0.6 is 0 Å². The number of para-hydroxylation sites is 2. The second-order valence-electron chi connectivity index (χ2n) is 8.52. The topological polar surface area (TPSA) is 39.3 Å². The zero-order valence-corrected chi connectivity index (χ0v) is 17.6. The van der Waals surface area contributed by atoms with E-state index in [0.717, 1.165) is 46.4 Å². The number of halogens is 3. The van der Waals surface area contributed by atoms with Crippen LogP contribution in [-0.2, 0) is 19.1 Å². The number of carbonyl (C=O) groups excluding carboxylic acids is 1. The van der Waals surface area contributed by atoms with Gasteiger partial charge in [0.15, 0.2) is 0 Å². The van der Waals surface area contributed by atoms with Crippen molar-refractivity contribution >= 4 is 22.5 Å². The molecule has 0 fully saturated rings. The molecule has 1 amide bonds. The summed E-state index contributed by atoms with van der Waals surface area (Å²) in [7, 11) is 0. The molecule has 7 heteroatoms. The largest absolute Gasteiger partial charge is 0.416 e. The van der Waals surface area contributed by atoms with E-state index in [1.807, 2.05) is 47.4 Å². The lowest BCUT2D eigenvalue weighted by molar-refractivity contribution is -0.137. The Hall–Kier alpha value is -3.74. The van der Waals surface area contributed by atoms with E-state index >= 15 is 0 Å². The molecule has 33 heavy (non-hydrogen) atoms. The number of benzene rings is 3. The molecule has 3 heterocycles. The van der Waals surface area contributed by atoms with Crippen molar-refractivity contribution in [3.63, 3.8) is 0 Å². The zero-order chi connectivity index (χ0) is 22.7. The highest BCUT2D eigenvalue weighted by atomic mass is 19.4. The minimum absolute atomic E-state index is 0.0245. The molecular weight excluding hydrogens is 427 g/mol. The van der Waals surface area contributed by atoms with Crippen LogP contribution in [0.5, 0.6) is 0 Å². The van der Waals surface area contributed by atoms with Gasteiger partial charge >= 0.3 is 6.18 Å². The Morgan fingerprint density at radius 2 is 1.67 bits per heavy atom. The molecule has 4 aromatic rings. The van der Waals surface area contributed by atoms with Gasteiger partial charge in [-0.2, -0.15) is 13.2 Å². The standard InChI is InChI=1S/C26H20F3N3O/c27-26(28,29)17-11-9-16(10-12-17)15-32-22-8-4-2-6-20(22)25(33)31-14-13-19-18-5-1-3-7-21(18)30-23(19)24(31)32/h1-12,24,30H,13-15H2/t24-/m1/s1. The molecule has 2 aliphatic rings. The van der Waals surface area contributed by atoms with Gasteiger partial charge in [-0.05, 0) is 47.9 Å². The fourth-order valence-corrected chi connectivity index (χ4v) is 5.12. The summed E-state index contributed by atoms with van der Waals surface area (Å²) in [6.45, 7) is 0.953. The number of fused-ring (bicyclic) bond motifs is 6. The summed E-state index contributed by atoms with van der Waals surface area (Å²) >= 11 is 0. The SMILES string of the molecule is O=C1c2ccccc2N(Cc2ccc(C(F)(F)F)cc2)[C@@H]2c3[nH]c4ccccc4c3CCN12. The van der Waals surface area contributed by atoms with Crippen LogP contribution in [0.4, 0.5) is 18.9 Å². The average molecular weight is 447 g/mol. The van der Waals surface area contributed by atoms with E-state index in [2.05, 4.69) is 16.0 Å². The van der Waals surface area contributed by atoms with Crippen molar-refractivity contribution in [1.82, 2.24) is 9.88 Å². The van der Waals surface area contributed by atoms with E-state index in [0.29, 0.717) is 18.7 Å². The summed E-state index contributed by atoms with van der Waals surface area (Å²) in [6, 6.07) is 20.8. The number of anilines is 1. The Balaban J connectivity index is 1.48. The number of amides is 1. The van der Waals surface area contributed by atoms with E-state index in [1.165, 1.54) is 17.7 Å². The van der Waals surface area contributed by atoms with Gasteiger partial charge in [-0.25, -0.2) is 0 Å². The minimum atomic E-state index is -4.37. The molecule has 1 N–H and O–H groups in total. The number of rotatable bonds is 2. The number of H-pyrrole nitrogens is 1. The van der Waals surface area contributed by atoms with Crippen LogP contribution in [0, 0.1) is 0 Å². The molecule has 166 valence electrons. The second kappa shape index (κ2) is 7.13. The maximum Gasteiger partial charge on any atom is 0.416 e. The van der Waals surface area contributed by atoms with Gasteiger partial charge < -0.3 is 14.8 Å². The first-order chi connectivity index (χ1) is 15.9. The number of carbonyl (C=O) groups is 1. The third-order valence-electron chi connectivity index (χ3n) is 6.64. The van der Waals surface area contributed by atoms with Crippen LogP contribution in [0.1, 0.15) is 38.9 Å². The lowest BCUT2D eigenvalue weighted by Crippen LogP contribution is -2.52.